The Labute approximate surface area is 107 Å². The summed E-state index contributed by atoms with van der Waals surface area (Å²) in [4.78, 5) is 22.1. The van der Waals surface area contributed by atoms with Crippen molar-refractivity contribution in [2.45, 2.75) is 6.92 Å². The van der Waals surface area contributed by atoms with E-state index in [2.05, 4.69) is 20.7 Å². The molecule has 0 saturated heterocycles. The summed E-state index contributed by atoms with van der Waals surface area (Å²) in [6.07, 6.45) is 0.842. The highest BCUT2D eigenvalue weighted by atomic mass is 79.9. The molecule has 0 aromatic heterocycles. The Balaban J connectivity index is 3.00. The molecule has 5 heteroatoms. The molecule has 17 heavy (non-hydrogen) atoms. The molecule has 0 saturated carbocycles. The Morgan fingerprint density at radius 2 is 2.06 bits per heavy atom. The first-order valence-electron chi connectivity index (χ1n) is 4.75. The van der Waals surface area contributed by atoms with E-state index in [0.717, 1.165) is 23.2 Å². The number of ether oxygens (including phenoxy) is 1. The van der Waals surface area contributed by atoms with Gasteiger partial charge in [0.15, 0.2) is 0 Å². The molecule has 0 spiro atoms. The van der Waals surface area contributed by atoms with Crippen LogP contribution in [-0.4, -0.2) is 24.0 Å². The number of hydrogen-bond acceptors (Lipinski definition) is 4. The third kappa shape index (κ3) is 3.42. The number of carbonyl (C=O) groups excluding carboxylic acids is 2. The summed E-state index contributed by atoms with van der Waals surface area (Å²) in [5.74, 6) is -2.17. The van der Waals surface area contributed by atoms with Crippen LogP contribution in [0.25, 0.3) is 5.76 Å². The lowest BCUT2D eigenvalue weighted by Gasteiger charge is -2.03. The number of esters is 1. The highest BCUT2D eigenvalue weighted by molar-refractivity contribution is 9.10. The zero-order valence-electron chi connectivity index (χ0n) is 9.36. The van der Waals surface area contributed by atoms with Crippen LogP contribution in [0.15, 0.2) is 28.7 Å². The van der Waals surface area contributed by atoms with Gasteiger partial charge in [0.25, 0.3) is 5.78 Å². The Bertz CT molecular complexity index is 491. The maximum absolute atomic E-state index is 11.2. The summed E-state index contributed by atoms with van der Waals surface area (Å²) in [5.41, 5.74) is 1.37. The zero-order chi connectivity index (χ0) is 13.0. The van der Waals surface area contributed by atoms with Crippen molar-refractivity contribution in [1.29, 1.82) is 0 Å². The number of benzene rings is 1. The normalized spacial score (nSPS) is 11.1. The van der Waals surface area contributed by atoms with E-state index in [9.17, 15) is 14.7 Å². The minimum atomic E-state index is -1.01. The van der Waals surface area contributed by atoms with Gasteiger partial charge < -0.3 is 9.84 Å². The van der Waals surface area contributed by atoms with E-state index in [1.165, 1.54) is 0 Å². The van der Waals surface area contributed by atoms with Gasteiger partial charge in [-0.2, -0.15) is 0 Å². The number of hydrogen-bond donors (Lipinski definition) is 1. The Kier molecular flexibility index (Phi) is 4.45. The Hall–Kier alpha value is -1.62. The number of aryl methyl sites for hydroxylation is 1. The molecule has 1 rings (SSSR count). The number of aliphatic hydroxyl groups is 1. The van der Waals surface area contributed by atoms with Gasteiger partial charge in [0.1, 0.15) is 5.76 Å². The summed E-state index contributed by atoms with van der Waals surface area (Å²) in [7, 11) is 1.11. The molecular weight excluding hydrogens is 288 g/mol. The van der Waals surface area contributed by atoms with E-state index in [1.807, 2.05) is 6.92 Å². The van der Waals surface area contributed by atoms with Crippen LogP contribution >= 0.6 is 15.9 Å². The second kappa shape index (κ2) is 5.63. The maximum atomic E-state index is 11.2. The van der Waals surface area contributed by atoms with Crippen LogP contribution in [0.1, 0.15) is 11.1 Å². The van der Waals surface area contributed by atoms with E-state index in [-0.39, 0.29) is 5.76 Å². The van der Waals surface area contributed by atoms with Gasteiger partial charge in [0.2, 0.25) is 0 Å². The van der Waals surface area contributed by atoms with Gasteiger partial charge in [0.05, 0.1) is 7.11 Å². The molecule has 0 amide bonds. The lowest BCUT2D eigenvalue weighted by atomic mass is 10.1. The van der Waals surface area contributed by atoms with Gasteiger partial charge in [-0.05, 0) is 24.6 Å². The number of rotatable bonds is 3. The number of halogens is 1. The topological polar surface area (TPSA) is 63.6 Å². The van der Waals surface area contributed by atoms with E-state index >= 15 is 0 Å². The van der Waals surface area contributed by atoms with Crippen LogP contribution in [0.5, 0.6) is 0 Å². The van der Waals surface area contributed by atoms with Gasteiger partial charge in [-0.15, -0.1) is 0 Å². The third-order valence-electron chi connectivity index (χ3n) is 2.11. The molecule has 1 N–H and O–H groups in total. The van der Waals surface area contributed by atoms with E-state index in [4.69, 9.17) is 0 Å². The lowest BCUT2D eigenvalue weighted by molar-refractivity contribution is -0.149. The average Bonchev–Trinajstić information content (AvgIpc) is 2.31. The molecular formula is C12H11BrO4. The van der Waals surface area contributed by atoms with Gasteiger partial charge in [0, 0.05) is 16.1 Å². The number of aliphatic hydroxyl groups excluding tert-OH is 1. The molecule has 0 atom stereocenters. The summed E-state index contributed by atoms with van der Waals surface area (Å²) in [6, 6.07) is 5.07. The van der Waals surface area contributed by atoms with Crippen molar-refractivity contribution in [3.8, 4) is 0 Å². The molecule has 4 nitrogen and oxygen atoms in total. The predicted octanol–water partition coefficient (Wildman–Crippen LogP) is 2.40. The van der Waals surface area contributed by atoms with Crippen molar-refractivity contribution >= 4 is 33.4 Å². The maximum Gasteiger partial charge on any atom is 0.378 e. The van der Waals surface area contributed by atoms with E-state index in [0.29, 0.717) is 5.56 Å². The van der Waals surface area contributed by atoms with Crippen LogP contribution in [0, 0.1) is 6.92 Å². The molecule has 0 heterocycles. The fraction of sp³-hybridized carbons (Fsp3) is 0.167. The van der Waals surface area contributed by atoms with Gasteiger partial charge in [-0.1, -0.05) is 22.0 Å². The second-order valence-corrected chi connectivity index (χ2v) is 4.20. The fourth-order valence-corrected chi connectivity index (χ4v) is 1.42. The third-order valence-corrected chi connectivity index (χ3v) is 3.00. The summed E-state index contributed by atoms with van der Waals surface area (Å²) < 4.78 is 5.14. The molecule has 1 aromatic carbocycles. The molecule has 0 fully saturated rings. The van der Waals surface area contributed by atoms with Gasteiger partial charge in [-0.3, -0.25) is 4.79 Å². The SMILES string of the molecule is COC(=O)C(=O)C=C(O)c1ccc(Br)c(C)c1. The van der Waals surface area contributed by atoms with E-state index in [1.54, 1.807) is 18.2 Å². The standard InChI is InChI=1S/C12H11BrO4/c1-7-5-8(3-4-9(7)13)10(14)6-11(15)12(16)17-2/h3-6,14H,1-2H3. The predicted molar refractivity (Wildman–Crippen MR) is 66.5 cm³/mol. The monoisotopic (exact) mass is 298 g/mol. The molecule has 1 aromatic rings. The Morgan fingerprint density at radius 3 is 2.59 bits per heavy atom. The smallest absolute Gasteiger partial charge is 0.378 e. The molecule has 0 bridgehead atoms. The fourth-order valence-electron chi connectivity index (χ4n) is 1.17. The minimum absolute atomic E-state index is 0.268. The average molecular weight is 299 g/mol. The summed E-state index contributed by atoms with van der Waals surface area (Å²) >= 11 is 3.32. The summed E-state index contributed by atoms with van der Waals surface area (Å²) in [5, 5.41) is 9.67. The summed E-state index contributed by atoms with van der Waals surface area (Å²) in [6.45, 7) is 1.85. The molecule has 0 aliphatic rings. The highest BCUT2D eigenvalue weighted by Crippen LogP contribution is 2.20. The Morgan fingerprint density at radius 1 is 1.41 bits per heavy atom. The number of methoxy groups -OCH3 is 1. The van der Waals surface area contributed by atoms with Crippen LogP contribution in [0.3, 0.4) is 0 Å². The second-order valence-electron chi connectivity index (χ2n) is 3.35. The molecule has 90 valence electrons. The number of carbonyl (C=O) groups is 2. The molecule has 0 aliphatic carbocycles. The van der Waals surface area contributed by atoms with Crippen molar-refractivity contribution in [2.75, 3.05) is 7.11 Å². The van der Waals surface area contributed by atoms with Crippen molar-refractivity contribution in [1.82, 2.24) is 0 Å². The highest BCUT2D eigenvalue weighted by Gasteiger charge is 2.12. The first-order valence-corrected chi connectivity index (χ1v) is 5.54. The minimum Gasteiger partial charge on any atom is -0.507 e. The largest absolute Gasteiger partial charge is 0.507 e. The van der Waals surface area contributed by atoms with Crippen molar-refractivity contribution in [3.05, 3.63) is 39.9 Å². The van der Waals surface area contributed by atoms with Crippen molar-refractivity contribution < 1.29 is 19.4 Å². The number of ketones is 1. The van der Waals surface area contributed by atoms with Crippen LogP contribution in [-0.2, 0) is 14.3 Å². The quantitative estimate of drug-likeness (QED) is 0.403. The van der Waals surface area contributed by atoms with Crippen LogP contribution < -0.4 is 0 Å². The van der Waals surface area contributed by atoms with Crippen LogP contribution in [0.2, 0.25) is 0 Å². The first-order chi connectivity index (χ1) is 7.95. The van der Waals surface area contributed by atoms with E-state index < -0.39 is 11.8 Å². The molecule has 0 unspecified atom stereocenters. The van der Waals surface area contributed by atoms with Crippen molar-refractivity contribution in [2.24, 2.45) is 0 Å². The van der Waals surface area contributed by atoms with Gasteiger partial charge in [-0.25, -0.2) is 4.79 Å². The van der Waals surface area contributed by atoms with Crippen molar-refractivity contribution in [3.63, 3.8) is 0 Å². The molecule has 0 aliphatic heterocycles. The van der Waals surface area contributed by atoms with Gasteiger partial charge >= 0.3 is 5.97 Å². The molecule has 0 radical (unpaired) electrons. The first kappa shape index (κ1) is 13.4. The lowest BCUT2D eigenvalue weighted by Crippen LogP contribution is -2.13. The zero-order valence-corrected chi connectivity index (χ0v) is 10.9. The van der Waals surface area contributed by atoms with Crippen LogP contribution in [0.4, 0.5) is 0 Å².